The minimum atomic E-state index is -0.705. The van der Waals surface area contributed by atoms with Gasteiger partial charge in [0, 0.05) is 25.1 Å². The van der Waals surface area contributed by atoms with Gasteiger partial charge in [-0.1, -0.05) is 12.1 Å². The van der Waals surface area contributed by atoms with Crippen molar-refractivity contribution >= 4 is 36.4 Å². The van der Waals surface area contributed by atoms with Crippen LogP contribution in [0.25, 0.3) is 0 Å². The molecule has 1 aromatic heterocycles. The Bertz CT molecular complexity index is 615. The normalized spacial score (nSPS) is 10.8. The van der Waals surface area contributed by atoms with Gasteiger partial charge in [-0.2, -0.15) is 0 Å². The molecule has 8 heteroatoms. The second-order valence-electron chi connectivity index (χ2n) is 4.69. The van der Waals surface area contributed by atoms with E-state index in [1.54, 1.807) is 24.4 Å². The molecule has 6 nitrogen and oxygen atoms in total. The maximum atomic E-state index is 11.8. The molecule has 1 atom stereocenters. The molecule has 0 saturated carbocycles. The summed E-state index contributed by atoms with van der Waals surface area (Å²) in [5.74, 6) is 0.340. The Morgan fingerprint density at radius 1 is 1.25 bits per heavy atom. The van der Waals surface area contributed by atoms with Crippen molar-refractivity contribution in [3.05, 3.63) is 54.4 Å². The first-order chi connectivity index (χ1) is 10.7. The van der Waals surface area contributed by atoms with Gasteiger partial charge in [0.2, 0.25) is 5.91 Å². The zero-order valence-corrected chi connectivity index (χ0v) is 14.8. The number of methoxy groups -OCH3 is 1. The summed E-state index contributed by atoms with van der Waals surface area (Å²) in [7, 11) is 1.50. The lowest BCUT2D eigenvalue weighted by molar-refractivity contribution is -0.118. The number of carbonyl (C=O) groups excluding carboxylic acids is 1. The number of benzene rings is 1. The summed E-state index contributed by atoms with van der Waals surface area (Å²) in [6.07, 6.45) is 1.71. The third kappa shape index (κ3) is 7.14. The SMILES string of the molecule is COCC(N)C(=O)Nc1cccc(OCc2ccccn2)c1.Cl.Cl. The summed E-state index contributed by atoms with van der Waals surface area (Å²) in [5.41, 5.74) is 7.12. The monoisotopic (exact) mass is 373 g/mol. The van der Waals surface area contributed by atoms with Gasteiger partial charge in [0.15, 0.2) is 0 Å². The number of halogens is 2. The molecule has 1 amide bonds. The zero-order chi connectivity index (χ0) is 15.8. The Morgan fingerprint density at radius 2 is 2.04 bits per heavy atom. The number of hydrogen-bond donors (Lipinski definition) is 2. The molecule has 3 N–H and O–H groups in total. The highest BCUT2D eigenvalue weighted by molar-refractivity contribution is 5.94. The van der Waals surface area contributed by atoms with Crippen molar-refractivity contribution in [2.75, 3.05) is 19.0 Å². The van der Waals surface area contributed by atoms with Crippen LogP contribution in [0.2, 0.25) is 0 Å². The molecule has 0 spiro atoms. The first-order valence-electron chi connectivity index (χ1n) is 6.87. The summed E-state index contributed by atoms with van der Waals surface area (Å²) in [4.78, 5) is 16.0. The molecule has 2 rings (SSSR count). The number of hydrogen-bond acceptors (Lipinski definition) is 5. The fourth-order valence-corrected chi connectivity index (χ4v) is 1.79. The van der Waals surface area contributed by atoms with E-state index in [-0.39, 0.29) is 37.3 Å². The fourth-order valence-electron chi connectivity index (χ4n) is 1.79. The van der Waals surface area contributed by atoms with Crippen LogP contribution < -0.4 is 15.8 Å². The Kier molecular flexibility index (Phi) is 10.7. The second kappa shape index (κ2) is 11.6. The molecular formula is C16H21Cl2N3O3. The molecule has 0 bridgehead atoms. The summed E-state index contributed by atoms with van der Waals surface area (Å²) in [6.45, 7) is 0.531. The van der Waals surface area contributed by atoms with Crippen LogP contribution in [0.15, 0.2) is 48.7 Å². The fraction of sp³-hybridized carbons (Fsp3) is 0.250. The molecule has 0 aliphatic heterocycles. The molecule has 0 aliphatic rings. The molecule has 132 valence electrons. The van der Waals surface area contributed by atoms with Crippen LogP contribution in [0, 0.1) is 0 Å². The molecule has 1 heterocycles. The van der Waals surface area contributed by atoms with Gasteiger partial charge in [0.1, 0.15) is 18.4 Å². The number of amides is 1. The highest BCUT2D eigenvalue weighted by Gasteiger charge is 2.13. The third-order valence-corrected chi connectivity index (χ3v) is 2.90. The molecule has 24 heavy (non-hydrogen) atoms. The van der Waals surface area contributed by atoms with Crippen molar-refractivity contribution in [1.29, 1.82) is 0 Å². The predicted octanol–water partition coefficient (Wildman–Crippen LogP) is 2.42. The second-order valence-corrected chi connectivity index (χ2v) is 4.69. The van der Waals surface area contributed by atoms with Crippen LogP contribution in [0.4, 0.5) is 5.69 Å². The first kappa shape index (κ1) is 22.1. The number of aromatic nitrogens is 1. The molecule has 1 aromatic carbocycles. The van der Waals surface area contributed by atoms with Crippen LogP contribution in [0.3, 0.4) is 0 Å². The Morgan fingerprint density at radius 3 is 2.71 bits per heavy atom. The van der Waals surface area contributed by atoms with Gasteiger partial charge >= 0.3 is 0 Å². The summed E-state index contributed by atoms with van der Waals surface area (Å²) in [6, 6.07) is 12.0. The summed E-state index contributed by atoms with van der Waals surface area (Å²) < 4.78 is 10.5. The Balaban J connectivity index is 0.00000264. The van der Waals surface area contributed by atoms with E-state index in [0.29, 0.717) is 18.0 Å². The largest absolute Gasteiger partial charge is 0.487 e. The minimum absolute atomic E-state index is 0. The molecule has 0 radical (unpaired) electrons. The standard InChI is InChI=1S/C16H19N3O3.2ClH/c1-21-11-15(17)16(20)19-12-6-4-7-14(9-12)22-10-13-5-2-3-8-18-13;;/h2-9,15H,10-11,17H2,1H3,(H,19,20);2*1H. The van der Waals surface area contributed by atoms with Gasteiger partial charge in [-0.25, -0.2) is 0 Å². The van der Waals surface area contributed by atoms with E-state index in [1.807, 2.05) is 24.3 Å². The molecular weight excluding hydrogens is 353 g/mol. The lowest BCUT2D eigenvalue weighted by atomic mass is 10.2. The Hall–Kier alpha value is -1.86. The van der Waals surface area contributed by atoms with E-state index in [2.05, 4.69) is 10.3 Å². The number of anilines is 1. The highest BCUT2D eigenvalue weighted by atomic mass is 35.5. The van der Waals surface area contributed by atoms with E-state index in [9.17, 15) is 4.79 Å². The van der Waals surface area contributed by atoms with Crippen molar-refractivity contribution in [3.63, 3.8) is 0 Å². The zero-order valence-electron chi connectivity index (χ0n) is 13.2. The average molecular weight is 374 g/mol. The van der Waals surface area contributed by atoms with Crippen molar-refractivity contribution in [2.45, 2.75) is 12.6 Å². The molecule has 0 saturated heterocycles. The third-order valence-electron chi connectivity index (χ3n) is 2.90. The maximum Gasteiger partial charge on any atom is 0.243 e. The van der Waals surface area contributed by atoms with Crippen molar-refractivity contribution in [3.8, 4) is 5.75 Å². The molecule has 0 fully saturated rings. The van der Waals surface area contributed by atoms with Crippen LogP contribution in [0.1, 0.15) is 5.69 Å². The Labute approximate surface area is 153 Å². The highest BCUT2D eigenvalue weighted by Crippen LogP contribution is 2.18. The van der Waals surface area contributed by atoms with Crippen LogP contribution in [-0.4, -0.2) is 30.6 Å². The molecule has 0 aliphatic carbocycles. The van der Waals surface area contributed by atoms with Gasteiger partial charge in [0.25, 0.3) is 0 Å². The van der Waals surface area contributed by atoms with Gasteiger partial charge < -0.3 is 20.5 Å². The lowest BCUT2D eigenvalue weighted by Gasteiger charge is -2.12. The smallest absolute Gasteiger partial charge is 0.243 e. The van der Waals surface area contributed by atoms with E-state index < -0.39 is 6.04 Å². The van der Waals surface area contributed by atoms with Crippen molar-refractivity contribution in [2.24, 2.45) is 5.73 Å². The van der Waals surface area contributed by atoms with E-state index in [0.717, 1.165) is 5.69 Å². The molecule has 1 unspecified atom stereocenters. The van der Waals surface area contributed by atoms with Crippen LogP contribution >= 0.6 is 24.8 Å². The van der Waals surface area contributed by atoms with E-state index in [4.69, 9.17) is 15.2 Å². The molecule has 2 aromatic rings. The number of nitrogens with two attached hydrogens (primary N) is 1. The summed E-state index contributed by atoms with van der Waals surface area (Å²) >= 11 is 0. The predicted molar refractivity (Wildman–Crippen MR) is 98.0 cm³/mol. The number of nitrogens with zero attached hydrogens (tertiary/aromatic N) is 1. The van der Waals surface area contributed by atoms with Crippen LogP contribution in [0.5, 0.6) is 5.75 Å². The van der Waals surface area contributed by atoms with Crippen LogP contribution in [-0.2, 0) is 16.1 Å². The number of nitrogens with one attached hydrogen (secondary N) is 1. The topological polar surface area (TPSA) is 86.5 Å². The van der Waals surface area contributed by atoms with E-state index >= 15 is 0 Å². The van der Waals surface area contributed by atoms with Gasteiger partial charge in [0.05, 0.1) is 12.3 Å². The number of carbonyl (C=O) groups is 1. The minimum Gasteiger partial charge on any atom is -0.487 e. The van der Waals surface area contributed by atoms with Crippen molar-refractivity contribution < 1.29 is 14.3 Å². The lowest BCUT2D eigenvalue weighted by Crippen LogP contribution is -2.39. The summed E-state index contributed by atoms with van der Waals surface area (Å²) in [5, 5.41) is 2.73. The number of rotatable bonds is 7. The van der Waals surface area contributed by atoms with Gasteiger partial charge in [-0.3, -0.25) is 9.78 Å². The van der Waals surface area contributed by atoms with E-state index in [1.165, 1.54) is 7.11 Å². The van der Waals surface area contributed by atoms with Gasteiger partial charge in [-0.05, 0) is 24.3 Å². The quantitative estimate of drug-likeness (QED) is 0.777. The maximum absolute atomic E-state index is 11.8. The average Bonchev–Trinajstić information content (AvgIpc) is 2.54. The first-order valence-corrected chi connectivity index (χ1v) is 6.87. The van der Waals surface area contributed by atoms with Crippen molar-refractivity contribution in [1.82, 2.24) is 4.98 Å². The number of pyridine rings is 1. The van der Waals surface area contributed by atoms with Gasteiger partial charge in [-0.15, -0.1) is 24.8 Å². The number of ether oxygens (including phenoxy) is 2.